The van der Waals surface area contributed by atoms with E-state index in [1.165, 1.54) is 5.56 Å². The van der Waals surface area contributed by atoms with E-state index in [-0.39, 0.29) is 0 Å². The zero-order chi connectivity index (χ0) is 14.4. The molecule has 0 aliphatic carbocycles. The van der Waals surface area contributed by atoms with Crippen molar-refractivity contribution in [3.8, 4) is 0 Å². The first-order valence-electron chi connectivity index (χ1n) is 7.66. The first-order valence-corrected chi connectivity index (χ1v) is 7.66. The van der Waals surface area contributed by atoms with Gasteiger partial charge in [0.15, 0.2) is 0 Å². The summed E-state index contributed by atoms with van der Waals surface area (Å²) in [4.78, 5) is 11.2. The smallest absolute Gasteiger partial charge is 0.137 e. The van der Waals surface area contributed by atoms with Crippen molar-refractivity contribution >= 4 is 11.6 Å². The second kappa shape index (κ2) is 7.43. The molecule has 5 nitrogen and oxygen atoms in total. The highest BCUT2D eigenvalue weighted by Gasteiger charge is 2.24. The van der Waals surface area contributed by atoms with E-state index in [1.54, 1.807) is 6.33 Å². The fourth-order valence-electron chi connectivity index (χ4n) is 2.58. The number of nitrogens with one attached hydrogen (secondary N) is 1. The molecule has 1 N–H and O–H groups in total. The molecule has 112 valence electrons. The van der Waals surface area contributed by atoms with Gasteiger partial charge in [-0.2, -0.15) is 0 Å². The van der Waals surface area contributed by atoms with Crippen molar-refractivity contribution in [3.05, 3.63) is 11.9 Å². The van der Waals surface area contributed by atoms with E-state index in [0.717, 1.165) is 57.1 Å². The standard InChI is InChI=1S/C15H26N4O/c1-4-6-13-14(16-8-5-2)17-11-18-15(13)19(3)12-7-9-20-10-12/h11-12H,4-10H2,1-3H3,(H,16,17,18). The van der Waals surface area contributed by atoms with Gasteiger partial charge in [-0.05, 0) is 19.3 Å². The molecule has 1 unspecified atom stereocenters. The van der Waals surface area contributed by atoms with Crippen LogP contribution < -0.4 is 10.2 Å². The van der Waals surface area contributed by atoms with Crippen LogP contribution in [0, 0.1) is 0 Å². The van der Waals surface area contributed by atoms with Crippen LogP contribution in [0.5, 0.6) is 0 Å². The topological polar surface area (TPSA) is 50.3 Å². The number of likely N-dealkylation sites (N-methyl/N-ethyl adjacent to an activating group) is 1. The Morgan fingerprint density at radius 1 is 1.35 bits per heavy atom. The van der Waals surface area contributed by atoms with Crippen LogP contribution in [0.2, 0.25) is 0 Å². The third-order valence-electron chi connectivity index (χ3n) is 3.75. The van der Waals surface area contributed by atoms with Gasteiger partial charge in [0.25, 0.3) is 0 Å². The predicted molar refractivity (Wildman–Crippen MR) is 82.4 cm³/mol. The van der Waals surface area contributed by atoms with Gasteiger partial charge in [-0.15, -0.1) is 0 Å². The molecular weight excluding hydrogens is 252 g/mol. The summed E-state index contributed by atoms with van der Waals surface area (Å²) in [5.74, 6) is 2.04. The zero-order valence-corrected chi connectivity index (χ0v) is 12.9. The summed E-state index contributed by atoms with van der Waals surface area (Å²) in [6.07, 6.45) is 5.93. The third-order valence-corrected chi connectivity index (χ3v) is 3.75. The average Bonchev–Trinajstić information content (AvgIpc) is 3.00. The molecule has 1 aliphatic heterocycles. The molecule has 2 heterocycles. The Labute approximate surface area is 121 Å². The molecule has 0 bridgehead atoms. The number of ether oxygens (including phenoxy) is 1. The summed E-state index contributed by atoms with van der Waals surface area (Å²) in [5, 5.41) is 3.42. The Morgan fingerprint density at radius 3 is 2.85 bits per heavy atom. The number of nitrogens with zero attached hydrogens (tertiary/aromatic N) is 3. The fourth-order valence-corrected chi connectivity index (χ4v) is 2.58. The number of rotatable bonds is 7. The van der Waals surface area contributed by atoms with Crippen LogP contribution in [0.3, 0.4) is 0 Å². The Hall–Kier alpha value is -1.36. The van der Waals surface area contributed by atoms with Crippen molar-refractivity contribution in [1.82, 2.24) is 9.97 Å². The van der Waals surface area contributed by atoms with E-state index in [1.807, 2.05) is 0 Å². The summed E-state index contributed by atoms with van der Waals surface area (Å²) in [6.45, 7) is 6.95. The van der Waals surface area contributed by atoms with Crippen LogP contribution in [0.25, 0.3) is 0 Å². The van der Waals surface area contributed by atoms with Crippen LogP contribution in [-0.2, 0) is 11.2 Å². The lowest BCUT2D eigenvalue weighted by atomic mass is 10.1. The van der Waals surface area contributed by atoms with Crippen LogP contribution in [0.4, 0.5) is 11.6 Å². The zero-order valence-electron chi connectivity index (χ0n) is 12.9. The van der Waals surface area contributed by atoms with Gasteiger partial charge in [0, 0.05) is 25.8 Å². The Morgan fingerprint density at radius 2 is 2.20 bits per heavy atom. The molecule has 0 saturated carbocycles. The Kier molecular flexibility index (Phi) is 5.59. The maximum Gasteiger partial charge on any atom is 0.137 e. The van der Waals surface area contributed by atoms with E-state index in [2.05, 4.69) is 41.1 Å². The number of anilines is 2. The highest BCUT2D eigenvalue weighted by Crippen LogP contribution is 2.27. The largest absolute Gasteiger partial charge is 0.379 e. The van der Waals surface area contributed by atoms with Crippen molar-refractivity contribution in [1.29, 1.82) is 0 Å². The second-order valence-electron chi connectivity index (χ2n) is 5.33. The molecule has 0 amide bonds. The monoisotopic (exact) mass is 278 g/mol. The molecular formula is C15H26N4O. The molecule has 0 spiro atoms. The molecule has 1 fully saturated rings. The maximum absolute atomic E-state index is 5.49. The van der Waals surface area contributed by atoms with Crippen LogP contribution in [-0.4, -0.2) is 42.8 Å². The van der Waals surface area contributed by atoms with Crippen LogP contribution in [0.15, 0.2) is 6.33 Å². The first-order chi connectivity index (χ1) is 9.77. The normalized spacial score (nSPS) is 18.2. The highest BCUT2D eigenvalue weighted by atomic mass is 16.5. The minimum absolute atomic E-state index is 0.430. The SMILES string of the molecule is CCCNc1ncnc(N(C)C2CCOC2)c1CCC. The minimum atomic E-state index is 0.430. The molecule has 20 heavy (non-hydrogen) atoms. The lowest BCUT2D eigenvalue weighted by Gasteiger charge is -2.27. The molecule has 2 rings (SSSR count). The molecule has 0 radical (unpaired) electrons. The van der Waals surface area contributed by atoms with Crippen LogP contribution >= 0.6 is 0 Å². The van der Waals surface area contributed by atoms with E-state index in [4.69, 9.17) is 4.74 Å². The summed E-state index contributed by atoms with van der Waals surface area (Å²) >= 11 is 0. The average molecular weight is 278 g/mol. The Balaban J connectivity index is 2.25. The molecule has 1 saturated heterocycles. The van der Waals surface area contributed by atoms with Gasteiger partial charge >= 0.3 is 0 Å². The van der Waals surface area contributed by atoms with Crippen LogP contribution in [0.1, 0.15) is 38.7 Å². The van der Waals surface area contributed by atoms with Gasteiger partial charge in [-0.25, -0.2) is 9.97 Å². The quantitative estimate of drug-likeness (QED) is 0.830. The third kappa shape index (κ3) is 3.39. The van der Waals surface area contributed by atoms with Gasteiger partial charge in [-0.1, -0.05) is 20.3 Å². The lowest BCUT2D eigenvalue weighted by Crippen LogP contribution is -2.33. The summed E-state index contributed by atoms with van der Waals surface area (Å²) in [7, 11) is 2.12. The van der Waals surface area contributed by atoms with E-state index in [9.17, 15) is 0 Å². The molecule has 1 atom stereocenters. The predicted octanol–water partition coefficient (Wildman–Crippen LogP) is 2.48. The molecule has 1 aromatic rings. The summed E-state index contributed by atoms with van der Waals surface area (Å²) < 4.78 is 5.49. The van der Waals surface area contributed by atoms with Gasteiger partial charge in [0.05, 0.1) is 12.6 Å². The molecule has 0 aromatic carbocycles. The molecule has 5 heteroatoms. The van der Waals surface area contributed by atoms with Crippen molar-refractivity contribution in [2.24, 2.45) is 0 Å². The molecule has 1 aromatic heterocycles. The number of aromatic nitrogens is 2. The van der Waals surface area contributed by atoms with E-state index < -0.39 is 0 Å². The van der Waals surface area contributed by atoms with Crippen molar-refractivity contribution < 1.29 is 4.74 Å². The van der Waals surface area contributed by atoms with Gasteiger partial charge in [0.2, 0.25) is 0 Å². The van der Waals surface area contributed by atoms with Gasteiger partial charge in [0.1, 0.15) is 18.0 Å². The maximum atomic E-state index is 5.49. The van der Waals surface area contributed by atoms with Gasteiger partial charge in [-0.3, -0.25) is 0 Å². The van der Waals surface area contributed by atoms with Gasteiger partial charge < -0.3 is 15.0 Å². The van der Waals surface area contributed by atoms with E-state index >= 15 is 0 Å². The number of hydrogen-bond donors (Lipinski definition) is 1. The fraction of sp³-hybridized carbons (Fsp3) is 0.733. The van der Waals surface area contributed by atoms with Crippen molar-refractivity contribution in [3.63, 3.8) is 0 Å². The second-order valence-corrected chi connectivity index (χ2v) is 5.33. The molecule has 1 aliphatic rings. The van der Waals surface area contributed by atoms with Crippen molar-refractivity contribution in [2.75, 3.05) is 37.0 Å². The van der Waals surface area contributed by atoms with Crippen molar-refractivity contribution in [2.45, 2.75) is 45.6 Å². The Bertz CT molecular complexity index is 418. The lowest BCUT2D eigenvalue weighted by molar-refractivity contribution is 0.193. The number of hydrogen-bond acceptors (Lipinski definition) is 5. The summed E-state index contributed by atoms with van der Waals surface area (Å²) in [6, 6.07) is 0.430. The van der Waals surface area contributed by atoms with E-state index in [0.29, 0.717) is 6.04 Å². The minimum Gasteiger partial charge on any atom is -0.379 e. The first kappa shape index (κ1) is 15.0. The summed E-state index contributed by atoms with van der Waals surface area (Å²) in [5.41, 5.74) is 1.23. The highest BCUT2D eigenvalue weighted by molar-refractivity contribution is 5.59.